The van der Waals surface area contributed by atoms with Crippen LogP contribution in [0.5, 0.6) is 0 Å². The van der Waals surface area contributed by atoms with Gasteiger partial charge in [0.2, 0.25) is 0 Å². The standard InChI is InChI=1S/C12H24/c1-6-9-12(4,5)10-7-8-11(2)3/h6,11H,1,7-10H2,2-5H3. The third-order valence-electron chi connectivity index (χ3n) is 2.33. The Morgan fingerprint density at radius 2 is 1.92 bits per heavy atom. The molecule has 0 atom stereocenters. The van der Waals surface area contributed by atoms with Crippen LogP contribution in [-0.2, 0) is 0 Å². The Hall–Kier alpha value is -0.260. The maximum Gasteiger partial charge on any atom is -0.0302 e. The molecular formula is C12H24. The lowest BCUT2D eigenvalue weighted by Crippen LogP contribution is -2.09. The van der Waals surface area contributed by atoms with Crippen molar-refractivity contribution in [3.63, 3.8) is 0 Å². The smallest absolute Gasteiger partial charge is 0.0302 e. The average Bonchev–Trinajstić information content (AvgIpc) is 1.85. The largest absolute Gasteiger partial charge is 0.103 e. The van der Waals surface area contributed by atoms with E-state index in [1.807, 2.05) is 6.08 Å². The molecule has 0 aromatic heterocycles. The monoisotopic (exact) mass is 168 g/mol. The Labute approximate surface area is 78.1 Å². The van der Waals surface area contributed by atoms with Crippen molar-refractivity contribution in [1.29, 1.82) is 0 Å². The fraction of sp³-hybridized carbons (Fsp3) is 0.833. The lowest BCUT2D eigenvalue weighted by Gasteiger charge is -2.22. The van der Waals surface area contributed by atoms with Crippen LogP contribution in [0, 0.1) is 11.3 Å². The van der Waals surface area contributed by atoms with E-state index in [9.17, 15) is 0 Å². The van der Waals surface area contributed by atoms with Crippen LogP contribution in [0.2, 0.25) is 0 Å². The highest BCUT2D eigenvalue weighted by molar-refractivity contribution is 4.79. The Bertz CT molecular complexity index is 120. The fourth-order valence-corrected chi connectivity index (χ4v) is 1.48. The molecule has 0 nitrogen and oxygen atoms in total. The highest BCUT2D eigenvalue weighted by Crippen LogP contribution is 2.28. The molecule has 0 saturated carbocycles. The van der Waals surface area contributed by atoms with E-state index >= 15 is 0 Å². The van der Waals surface area contributed by atoms with Crippen molar-refractivity contribution in [1.82, 2.24) is 0 Å². The zero-order chi connectivity index (χ0) is 9.61. The van der Waals surface area contributed by atoms with Crippen molar-refractivity contribution in [3.05, 3.63) is 12.7 Å². The third-order valence-corrected chi connectivity index (χ3v) is 2.33. The Morgan fingerprint density at radius 3 is 2.33 bits per heavy atom. The van der Waals surface area contributed by atoms with Gasteiger partial charge < -0.3 is 0 Å². The molecule has 0 unspecified atom stereocenters. The molecule has 0 aromatic rings. The first-order valence-electron chi connectivity index (χ1n) is 5.09. The van der Waals surface area contributed by atoms with Crippen molar-refractivity contribution in [2.45, 2.75) is 53.4 Å². The molecule has 0 radical (unpaired) electrons. The number of allylic oxidation sites excluding steroid dienone is 1. The topological polar surface area (TPSA) is 0 Å². The number of hydrogen-bond acceptors (Lipinski definition) is 0. The van der Waals surface area contributed by atoms with Gasteiger partial charge in [-0.25, -0.2) is 0 Å². The van der Waals surface area contributed by atoms with Crippen molar-refractivity contribution in [2.75, 3.05) is 0 Å². The molecule has 0 heteroatoms. The van der Waals surface area contributed by atoms with Gasteiger partial charge in [-0.3, -0.25) is 0 Å². The first-order valence-corrected chi connectivity index (χ1v) is 5.09. The quantitative estimate of drug-likeness (QED) is 0.515. The van der Waals surface area contributed by atoms with Gasteiger partial charge >= 0.3 is 0 Å². The zero-order valence-corrected chi connectivity index (χ0v) is 9.19. The second kappa shape index (κ2) is 5.40. The second-order valence-electron chi connectivity index (χ2n) is 4.94. The minimum absolute atomic E-state index is 0.469. The lowest BCUT2D eigenvalue weighted by atomic mass is 9.83. The normalized spacial score (nSPS) is 12.1. The summed E-state index contributed by atoms with van der Waals surface area (Å²) in [5.74, 6) is 0.851. The fourth-order valence-electron chi connectivity index (χ4n) is 1.48. The van der Waals surface area contributed by atoms with Crippen molar-refractivity contribution in [2.24, 2.45) is 11.3 Å². The minimum Gasteiger partial charge on any atom is -0.103 e. The molecule has 0 bridgehead atoms. The molecule has 0 saturated heterocycles. The van der Waals surface area contributed by atoms with Gasteiger partial charge in [0.25, 0.3) is 0 Å². The van der Waals surface area contributed by atoms with E-state index in [-0.39, 0.29) is 0 Å². The zero-order valence-electron chi connectivity index (χ0n) is 9.19. The molecule has 0 N–H and O–H groups in total. The first-order chi connectivity index (χ1) is 5.48. The van der Waals surface area contributed by atoms with Crippen LogP contribution in [0.4, 0.5) is 0 Å². The predicted octanol–water partition coefficient (Wildman–Crippen LogP) is 4.42. The van der Waals surface area contributed by atoms with Crippen LogP contribution in [-0.4, -0.2) is 0 Å². The SMILES string of the molecule is C=CCC(C)(C)CCCC(C)C. The highest BCUT2D eigenvalue weighted by atomic mass is 14.2. The molecule has 12 heavy (non-hydrogen) atoms. The summed E-state index contributed by atoms with van der Waals surface area (Å²) in [7, 11) is 0. The van der Waals surface area contributed by atoms with E-state index in [2.05, 4.69) is 34.3 Å². The average molecular weight is 168 g/mol. The van der Waals surface area contributed by atoms with E-state index in [1.165, 1.54) is 19.3 Å². The van der Waals surface area contributed by atoms with Crippen LogP contribution in [0.15, 0.2) is 12.7 Å². The Kier molecular flexibility index (Phi) is 5.28. The minimum atomic E-state index is 0.469. The maximum absolute atomic E-state index is 3.79. The third kappa shape index (κ3) is 6.45. The van der Waals surface area contributed by atoms with Gasteiger partial charge in [-0.15, -0.1) is 6.58 Å². The molecule has 0 aliphatic carbocycles. The Balaban J connectivity index is 3.53. The number of rotatable bonds is 6. The summed E-state index contributed by atoms with van der Waals surface area (Å²) in [4.78, 5) is 0. The Morgan fingerprint density at radius 1 is 1.33 bits per heavy atom. The van der Waals surface area contributed by atoms with Crippen LogP contribution < -0.4 is 0 Å². The van der Waals surface area contributed by atoms with Crippen LogP contribution in [0.25, 0.3) is 0 Å². The van der Waals surface area contributed by atoms with Gasteiger partial charge in [-0.2, -0.15) is 0 Å². The highest BCUT2D eigenvalue weighted by Gasteiger charge is 2.14. The van der Waals surface area contributed by atoms with E-state index in [4.69, 9.17) is 0 Å². The van der Waals surface area contributed by atoms with Gasteiger partial charge in [0, 0.05) is 0 Å². The molecular weight excluding hydrogens is 144 g/mol. The summed E-state index contributed by atoms with van der Waals surface area (Å²) in [6.45, 7) is 13.0. The lowest BCUT2D eigenvalue weighted by molar-refractivity contribution is 0.316. The molecule has 0 amide bonds. The molecule has 0 fully saturated rings. The van der Waals surface area contributed by atoms with Gasteiger partial charge in [0.15, 0.2) is 0 Å². The summed E-state index contributed by atoms with van der Waals surface area (Å²) in [5.41, 5.74) is 0.469. The molecule has 0 aromatic carbocycles. The van der Waals surface area contributed by atoms with E-state index in [0.29, 0.717) is 5.41 Å². The van der Waals surface area contributed by atoms with Crippen LogP contribution >= 0.6 is 0 Å². The molecule has 72 valence electrons. The summed E-state index contributed by atoms with van der Waals surface area (Å²) in [6.07, 6.45) is 7.23. The van der Waals surface area contributed by atoms with Crippen LogP contribution in [0.3, 0.4) is 0 Å². The summed E-state index contributed by atoms with van der Waals surface area (Å²) in [5, 5.41) is 0. The van der Waals surface area contributed by atoms with Gasteiger partial charge in [-0.1, -0.05) is 46.6 Å². The molecule has 0 spiro atoms. The maximum atomic E-state index is 3.79. The first kappa shape index (κ1) is 11.7. The molecule has 0 aliphatic rings. The summed E-state index contributed by atoms with van der Waals surface area (Å²) < 4.78 is 0. The van der Waals surface area contributed by atoms with Crippen molar-refractivity contribution >= 4 is 0 Å². The number of hydrogen-bond donors (Lipinski definition) is 0. The van der Waals surface area contributed by atoms with Crippen molar-refractivity contribution in [3.8, 4) is 0 Å². The summed E-state index contributed by atoms with van der Waals surface area (Å²) in [6, 6.07) is 0. The molecule has 0 aliphatic heterocycles. The van der Waals surface area contributed by atoms with Gasteiger partial charge in [0.05, 0.1) is 0 Å². The van der Waals surface area contributed by atoms with E-state index in [0.717, 1.165) is 12.3 Å². The van der Waals surface area contributed by atoms with Gasteiger partial charge in [0.1, 0.15) is 0 Å². The van der Waals surface area contributed by atoms with Crippen LogP contribution in [0.1, 0.15) is 53.4 Å². The molecule has 0 rings (SSSR count). The second-order valence-corrected chi connectivity index (χ2v) is 4.94. The molecule has 0 heterocycles. The van der Waals surface area contributed by atoms with E-state index in [1.54, 1.807) is 0 Å². The van der Waals surface area contributed by atoms with E-state index < -0.39 is 0 Å². The van der Waals surface area contributed by atoms with Crippen molar-refractivity contribution < 1.29 is 0 Å². The predicted molar refractivity (Wildman–Crippen MR) is 57.3 cm³/mol. The van der Waals surface area contributed by atoms with Gasteiger partial charge in [-0.05, 0) is 24.2 Å². The summed E-state index contributed by atoms with van der Waals surface area (Å²) >= 11 is 0.